The van der Waals surface area contributed by atoms with Crippen molar-refractivity contribution >= 4 is 35.0 Å². The highest BCUT2D eigenvalue weighted by Crippen LogP contribution is 2.28. The molecular formula is C14H11Cl2N3OS. The summed E-state index contributed by atoms with van der Waals surface area (Å²) in [6, 6.07) is 9.29. The molecule has 0 spiro atoms. The molecule has 0 N–H and O–H groups in total. The summed E-state index contributed by atoms with van der Waals surface area (Å²) < 4.78 is 7.24. The maximum atomic E-state index is 6.01. The van der Waals surface area contributed by atoms with Crippen molar-refractivity contribution in [2.75, 3.05) is 0 Å². The molecule has 0 aliphatic heterocycles. The molecule has 0 fully saturated rings. The van der Waals surface area contributed by atoms with Crippen LogP contribution in [-0.2, 0) is 12.8 Å². The SMILES string of the molecule is Cn1c(SCc2ccc(Cl)c(Cl)c2)nnc1-c1ccco1. The van der Waals surface area contributed by atoms with Gasteiger partial charge in [0.15, 0.2) is 16.7 Å². The van der Waals surface area contributed by atoms with Crippen LogP contribution in [0.2, 0.25) is 10.0 Å². The maximum Gasteiger partial charge on any atom is 0.200 e. The van der Waals surface area contributed by atoms with Gasteiger partial charge in [-0.3, -0.25) is 0 Å². The van der Waals surface area contributed by atoms with Crippen LogP contribution in [0.1, 0.15) is 5.56 Å². The third-order valence-electron chi connectivity index (χ3n) is 2.93. The number of aromatic nitrogens is 3. The first-order valence-corrected chi connectivity index (χ1v) is 7.89. The van der Waals surface area contributed by atoms with Crippen molar-refractivity contribution in [3.63, 3.8) is 0 Å². The summed E-state index contributed by atoms with van der Waals surface area (Å²) in [4.78, 5) is 0. The molecule has 3 aromatic rings. The Morgan fingerprint density at radius 3 is 2.76 bits per heavy atom. The molecule has 108 valence electrons. The molecule has 3 rings (SSSR count). The van der Waals surface area contributed by atoms with Crippen LogP contribution >= 0.6 is 35.0 Å². The van der Waals surface area contributed by atoms with E-state index >= 15 is 0 Å². The number of rotatable bonds is 4. The quantitative estimate of drug-likeness (QED) is 0.647. The van der Waals surface area contributed by atoms with Crippen molar-refractivity contribution in [1.29, 1.82) is 0 Å². The van der Waals surface area contributed by atoms with Gasteiger partial charge >= 0.3 is 0 Å². The number of nitrogens with zero attached hydrogens (tertiary/aromatic N) is 3. The highest BCUT2D eigenvalue weighted by Gasteiger charge is 2.13. The zero-order chi connectivity index (χ0) is 14.8. The number of thioether (sulfide) groups is 1. The predicted molar refractivity (Wildman–Crippen MR) is 84.7 cm³/mol. The van der Waals surface area contributed by atoms with Crippen molar-refractivity contribution in [3.05, 3.63) is 52.2 Å². The first-order chi connectivity index (χ1) is 10.1. The molecular weight excluding hydrogens is 329 g/mol. The van der Waals surface area contributed by atoms with Crippen LogP contribution in [0, 0.1) is 0 Å². The maximum absolute atomic E-state index is 6.01. The fraction of sp³-hybridized carbons (Fsp3) is 0.143. The standard InChI is InChI=1S/C14H11Cl2N3OS/c1-19-13(12-3-2-6-20-12)17-18-14(19)21-8-9-4-5-10(15)11(16)7-9/h2-7H,8H2,1H3. The van der Waals surface area contributed by atoms with E-state index in [9.17, 15) is 0 Å². The normalized spacial score (nSPS) is 11.0. The molecule has 21 heavy (non-hydrogen) atoms. The van der Waals surface area contributed by atoms with Gasteiger partial charge in [0.05, 0.1) is 16.3 Å². The molecule has 0 radical (unpaired) electrons. The molecule has 0 bridgehead atoms. The van der Waals surface area contributed by atoms with Gasteiger partial charge < -0.3 is 8.98 Å². The van der Waals surface area contributed by atoms with Crippen LogP contribution in [-0.4, -0.2) is 14.8 Å². The first kappa shape index (κ1) is 14.5. The summed E-state index contributed by atoms with van der Waals surface area (Å²) >= 11 is 13.5. The molecule has 0 unspecified atom stereocenters. The van der Waals surface area contributed by atoms with Gasteiger partial charge in [-0.2, -0.15) is 0 Å². The van der Waals surface area contributed by atoms with E-state index in [0.717, 1.165) is 16.5 Å². The van der Waals surface area contributed by atoms with Gasteiger partial charge in [0.2, 0.25) is 0 Å². The second-order valence-corrected chi connectivity index (χ2v) is 6.14. The Bertz CT molecular complexity index is 756. The average Bonchev–Trinajstić information content (AvgIpc) is 3.10. The molecule has 0 aliphatic rings. The van der Waals surface area contributed by atoms with E-state index in [1.807, 2.05) is 35.9 Å². The molecule has 2 heterocycles. The fourth-order valence-electron chi connectivity index (χ4n) is 1.84. The van der Waals surface area contributed by atoms with Crippen LogP contribution in [0.25, 0.3) is 11.6 Å². The summed E-state index contributed by atoms with van der Waals surface area (Å²) in [6.07, 6.45) is 1.62. The Hall–Kier alpha value is -1.43. The summed E-state index contributed by atoms with van der Waals surface area (Å²) in [5.74, 6) is 2.14. The predicted octanol–water partition coefficient (Wildman–Crippen LogP) is 4.67. The van der Waals surface area contributed by atoms with Gasteiger partial charge in [-0.25, -0.2) is 0 Å². The molecule has 0 atom stereocenters. The lowest BCUT2D eigenvalue weighted by Crippen LogP contribution is -1.94. The second kappa shape index (κ2) is 6.13. The van der Waals surface area contributed by atoms with E-state index in [1.165, 1.54) is 0 Å². The minimum absolute atomic E-state index is 0.559. The van der Waals surface area contributed by atoms with Gasteiger partial charge in [0.25, 0.3) is 0 Å². The number of benzene rings is 1. The highest BCUT2D eigenvalue weighted by atomic mass is 35.5. The van der Waals surface area contributed by atoms with Crippen molar-refractivity contribution in [2.24, 2.45) is 7.05 Å². The van der Waals surface area contributed by atoms with Gasteiger partial charge in [-0.15, -0.1) is 10.2 Å². The Morgan fingerprint density at radius 1 is 1.19 bits per heavy atom. The zero-order valence-electron chi connectivity index (χ0n) is 11.1. The Morgan fingerprint density at radius 2 is 2.05 bits per heavy atom. The van der Waals surface area contributed by atoms with Crippen LogP contribution in [0.3, 0.4) is 0 Å². The number of hydrogen-bond donors (Lipinski definition) is 0. The van der Waals surface area contributed by atoms with Crippen molar-refractivity contribution in [2.45, 2.75) is 10.9 Å². The van der Waals surface area contributed by atoms with Crippen molar-refractivity contribution in [3.8, 4) is 11.6 Å². The summed E-state index contributed by atoms with van der Waals surface area (Å²) in [7, 11) is 1.91. The lowest BCUT2D eigenvalue weighted by molar-refractivity contribution is 0.572. The molecule has 0 aliphatic carbocycles. The summed E-state index contributed by atoms with van der Waals surface area (Å²) in [6.45, 7) is 0. The summed E-state index contributed by atoms with van der Waals surface area (Å²) in [5.41, 5.74) is 1.08. The van der Waals surface area contributed by atoms with Gasteiger partial charge in [0.1, 0.15) is 0 Å². The summed E-state index contributed by atoms with van der Waals surface area (Å²) in [5, 5.41) is 10.3. The molecule has 4 nitrogen and oxygen atoms in total. The monoisotopic (exact) mass is 339 g/mol. The van der Waals surface area contributed by atoms with Crippen LogP contribution in [0.4, 0.5) is 0 Å². The van der Waals surface area contributed by atoms with E-state index in [0.29, 0.717) is 21.6 Å². The second-order valence-electron chi connectivity index (χ2n) is 4.38. The van der Waals surface area contributed by atoms with Crippen LogP contribution in [0.15, 0.2) is 46.2 Å². The van der Waals surface area contributed by atoms with E-state index in [1.54, 1.807) is 24.1 Å². The molecule has 2 aromatic heterocycles. The van der Waals surface area contributed by atoms with Crippen molar-refractivity contribution in [1.82, 2.24) is 14.8 Å². The highest BCUT2D eigenvalue weighted by molar-refractivity contribution is 7.98. The third-order valence-corrected chi connectivity index (χ3v) is 4.76. The van der Waals surface area contributed by atoms with Gasteiger partial charge in [-0.1, -0.05) is 41.0 Å². The van der Waals surface area contributed by atoms with Gasteiger partial charge in [0, 0.05) is 12.8 Å². The van der Waals surface area contributed by atoms with Crippen molar-refractivity contribution < 1.29 is 4.42 Å². The van der Waals surface area contributed by atoms with E-state index < -0.39 is 0 Å². The molecule has 0 saturated carbocycles. The topological polar surface area (TPSA) is 43.9 Å². The van der Waals surface area contributed by atoms with Crippen LogP contribution in [0.5, 0.6) is 0 Å². The minimum Gasteiger partial charge on any atom is -0.461 e. The molecule has 1 aromatic carbocycles. The van der Waals surface area contributed by atoms with E-state index in [2.05, 4.69) is 10.2 Å². The molecule has 7 heteroatoms. The third kappa shape index (κ3) is 3.10. The minimum atomic E-state index is 0.559. The Labute approximate surface area is 136 Å². The lowest BCUT2D eigenvalue weighted by Gasteiger charge is -2.04. The lowest BCUT2D eigenvalue weighted by atomic mass is 10.2. The Balaban J connectivity index is 1.75. The molecule has 0 amide bonds. The number of hydrogen-bond acceptors (Lipinski definition) is 4. The molecule has 0 saturated heterocycles. The van der Waals surface area contributed by atoms with E-state index in [4.69, 9.17) is 27.6 Å². The first-order valence-electron chi connectivity index (χ1n) is 6.15. The zero-order valence-corrected chi connectivity index (χ0v) is 13.4. The smallest absolute Gasteiger partial charge is 0.200 e. The number of furan rings is 1. The van der Waals surface area contributed by atoms with E-state index in [-0.39, 0.29) is 0 Å². The fourth-order valence-corrected chi connectivity index (χ4v) is 3.01. The largest absolute Gasteiger partial charge is 0.461 e. The van der Waals surface area contributed by atoms with Gasteiger partial charge in [-0.05, 0) is 29.8 Å². The average molecular weight is 340 g/mol. The Kier molecular flexibility index (Phi) is 4.24. The number of halogens is 2. The van der Waals surface area contributed by atoms with Crippen LogP contribution < -0.4 is 0 Å².